The number of carbonyl (C=O) groups excluding carboxylic acids is 1. The fourth-order valence-electron chi connectivity index (χ4n) is 1.04. The van der Waals surface area contributed by atoms with Crippen LogP contribution in [0.4, 0.5) is 0 Å². The van der Waals surface area contributed by atoms with E-state index in [0.717, 1.165) is 25.7 Å². The average Bonchev–Trinajstić information content (AvgIpc) is 2.05. The minimum absolute atomic E-state index is 0. The Morgan fingerprint density at radius 2 is 2.08 bits per heavy atom. The third-order valence-electron chi connectivity index (χ3n) is 1.85. The largest absolute Gasteiger partial charge is 0.543 e. The molecule has 2 nitrogen and oxygen atoms in total. The first-order valence-electron chi connectivity index (χ1n) is 4.16. The van der Waals surface area contributed by atoms with Gasteiger partial charge in [-0.25, -0.2) is 0 Å². The molecule has 0 spiro atoms. The van der Waals surface area contributed by atoms with Crippen molar-refractivity contribution in [1.29, 1.82) is 0 Å². The standard InChI is InChI=1S/C8H15BO2.Zr/c1-3-5-6-7(4-2)8(10)11-9;/h7H,3-6H2,1-2H3;. The average molecular weight is 245 g/mol. The molecule has 0 rings (SSSR count). The molecular formula is C8H15BO2Zr. The van der Waals surface area contributed by atoms with Gasteiger partial charge in [-0.05, 0) is 12.8 Å². The monoisotopic (exact) mass is 244 g/mol. The number of unbranched alkanes of at least 4 members (excludes halogenated alkanes) is 1. The van der Waals surface area contributed by atoms with Crippen molar-refractivity contribution < 1.29 is 35.7 Å². The third-order valence-corrected chi connectivity index (χ3v) is 1.85. The van der Waals surface area contributed by atoms with Crippen LogP contribution in [0.15, 0.2) is 0 Å². The molecule has 0 fully saturated rings. The van der Waals surface area contributed by atoms with Crippen molar-refractivity contribution in [3.8, 4) is 0 Å². The zero-order valence-electron chi connectivity index (χ0n) is 7.80. The van der Waals surface area contributed by atoms with E-state index in [4.69, 9.17) is 8.05 Å². The molecule has 1 unspecified atom stereocenters. The summed E-state index contributed by atoms with van der Waals surface area (Å²) in [5, 5.41) is 0. The predicted molar refractivity (Wildman–Crippen MR) is 45.2 cm³/mol. The summed E-state index contributed by atoms with van der Waals surface area (Å²) in [6.07, 6.45) is 3.88. The van der Waals surface area contributed by atoms with Gasteiger partial charge in [0.1, 0.15) is 0 Å². The van der Waals surface area contributed by atoms with Gasteiger partial charge < -0.3 is 4.65 Å². The fraction of sp³-hybridized carbons (Fsp3) is 0.875. The molecule has 12 heavy (non-hydrogen) atoms. The molecule has 4 heteroatoms. The van der Waals surface area contributed by atoms with E-state index in [1.165, 1.54) is 0 Å². The Morgan fingerprint density at radius 3 is 2.42 bits per heavy atom. The quantitative estimate of drug-likeness (QED) is 0.691. The van der Waals surface area contributed by atoms with Gasteiger partial charge in [0.2, 0.25) is 0 Å². The summed E-state index contributed by atoms with van der Waals surface area (Å²) in [6.45, 7) is 4.07. The Hall–Kier alpha value is 0.418. The van der Waals surface area contributed by atoms with E-state index >= 15 is 0 Å². The van der Waals surface area contributed by atoms with Crippen LogP contribution in [0.25, 0.3) is 0 Å². The topological polar surface area (TPSA) is 26.3 Å². The van der Waals surface area contributed by atoms with Crippen LogP contribution in [-0.4, -0.2) is 14.0 Å². The van der Waals surface area contributed by atoms with Gasteiger partial charge in [-0.1, -0.05) is 26.7 Å². The molecular weight excluding hydrogens is 230 g/mol. The van der Waals surface area contributed by atoms with Crippen LogP contribution in [0.5, 0.6) is 0 Å². The van der Waals surface area contributed by atoms with Gasteiger partial charge in [-0.3, -0.25) is 4.79 Å². The normalized spacial score (nSPS) is 11.5. The number of hydrogen-bond donors (Lipinski definition) is 0. The van der Waals surface area contributed by atoms with Crippen molar-refractivity contribution in [2.24, 2.45) is 5.92 Å². The second kappa shape index (κ2) is 9.51. The molecule has 0 heterocycles. The molecule has 0 aliphatic heterocycles. The molecule has 0 saturated carbocycles. The molecule has 0 bridgehead atoms. The van der Waals surface area contributed by atoms with Crippen molar-refractivity contribution in [2.75, 3.05) is 0 Å². The third kappa shape index (κ3) is 5.99. The zero-order valence-corrected chi connectivity index (χ0v) is 10.3. The van der Waals surface area contributed by atoms with E-state index in [2.05, 4.69) is 11.6 Å². The van der Waals surface area contributed by atoms with Crippen LogP contribution in [0, 0.1) is 5.92 Å². The summed E-state index contributed by atoms with van der Waals surface area (Å²) >= 11 is 0. The van der Waals surface area contributed by atoms with Crippen LogP contribution in [0.2, 0.25) is 0 Å². The van der Waals surface area contributed by atoms with Crippen LogP contribution in [0.1, 0.15) is 39.5 Å². The van der Waals surface area contributed by atoms with Gasteiger partial charge in [0.05, 0.1) is 5.92 Å². The second-order valence-electron chi connectivity index (χ2n) is 2.68. The summed E-state index contributed by atoms with van der Waals surface area (Å²) in [6, 6.07) is 0. The van der Waals surface area contributed by atoms with E-state index < -0.39 is 0 Å². The Kier molecular flexibility index (Phi) is 11.8. The maximum Gasteiger partial charge on any atom is 0.378 e. The number of carbonyl (C=O) groups is 1. The molecule has 1 atom stereocenters. The van der Waals surface area contributed by atoms with E-state index in [-0.39, 0.29) is 38.1 Å². The Morgan fingerprint density at radius 1 is 1.50 bits per heavy atom. The molecule has 0 aliphatic rings. The minimum atomic E-state index is -0.277. The van der Waals surface area contributed by atoms with Gasteiger partial charge in [0.25, 0.3) is 5.97 Å². The van der Waals surface area contributed by atoms with Crippen molar-refractivity contribution in [2.45, 2.75) is 39.5 Å². The van der Waals surface area contributed by atoms with Gasteiger partial charge in [-0.15, -0.1) is 0 Å². The summed E-state index contributed by atoms with van der Waals surface area (Å²) < 4.78 is 4.16. The van der Waals surface area contributed by atoms with Crippen molar-refractivity contribution in [3.63, 3.8) is 0 Å². The maximum atomic E-state index is 10.9. The minimum Gasteiger partial charge on any atom is -0.543 e. The van der Waals surface area contributed by atoms with Crippen LogP contribution in [-0.2, 0) is 35.7 Å². The van der Waals surface area contributed by atoms with Crippen molar-refractivity contribution in [3.05, 3.63) is 0 Å². The first-order chi connectivity index (χ1) is 5.26. The van der Waals surface area contributed by atoms with E-state index in [9.17, 15) is 4.79 Å². The Labute approximate surface area is 95.0 Å². The number of hydrogen-bond acceptors (Lipinski definition) is 2. The second-order valence-corrected chi connectivity index (χ2v) is 2.68. The molecule has 66 valence electrons. The summed E-state index contributed by atoms with van der Waals surface area (Å²) in [7, 11) is 4.77. The summed E-state index contributed by atoms with van der Waals surface area (Å²) in [5.41, 5.74) is 0. The Bertz CT molecular complexity index is 120. The zero-order chi connectivity index (χ0) is 8.69. The first kappa shape index (κ1) is 14.9. The number of rotatable bonds is 5. The smallest absolute Gasteiger partial charge is 0.378 e. The molecule has 0 N–H and O–H groups in total. The molecule has 0 aromatic heterocycles. The van der Waals surface area contributed by atoms with E-state index in [1.54, 1.807) is 0 Å². The van der Waals surface area contributed by atoms with Crippen LogP contribution < -0.4 is 0 Å². The predicted octanol–water partition coefficient (Wildman–Crippen LogP) is 1.83. The molecule has 0 aromatic carbocycles. The molecule has 2 radical (unpaired) electrons. The van der Waals surface area contributed by atoms with Gasteiger partial charge >= 0.3 is 8.05 Å². The summed E-state index contributed by atoms with van der Waals surface area (Å²) in [4.78, 5) is 10.9. The van der Waals surface area contributed by atoms with E-state index in [0.29, 0.717) is 0 Å². The molecule has 0 amide bonds. The van der Waals surface area contributed by atoms with Crippen LogP contribution in [0.3, 0.4) is 0 Å². The maximum absolute atomic E-state index is 10.9. The summed E-state index contributed by atoms with van der Waals surface area (Å²) in [5.74, 6) is -0.277. The molecule has 0 saturated heterocycles. The Balaban J connectivity index is 0. The van der Waals surface area contributed by atoms with Gasteiger partial charge in [0, 0.05) is 26.2 Å². The fourth-order valence-corrected chi connectivity index (χ4v) is 1.04. The molecule has 0 aliphatic carbocycles. The van der Waals surface area contributed by atoms with E-state index in [1.807, 2.05) is 6.92 Å². The first-order valence-corrected chi connectivity index (χ1v) is 4.16. The van der Waals surface area contributed by atoms with Crippen molar-refractivity contribution in [1.82, 2.24) is 0 Å². The van der Waals surface area contributed by atoms with Gasteiger partial charge in [-0.2, -0.15) is 0 Å². The van der Waals surface area contributed by atoms with Gasteiger partial charge in [0.15, 0.2) is 0 Å². The SMILES string of the molecule is [B]OC(=O)C(CC)CCCC.[Zr]. The van der Waals surface area contributed by atoms with Crippen molar-refractivity contribution >= 4 is 14.0 Å². The molecule has 0 aromatic rings. The van der Waals surface area contributed by atoms with Crippen LogP contribution >= 0.6 is 0 Å².